The summed E-state index contributed by atoms with van der Waals surface area (Å²) in [4.78, 5) is 25.9. The fraction of sp³-hybridized carbons (Fsp3) is 0.480. The summed E-state index contributed by atoms with van der Waals surface area (Å²) >= 11 is 1.53. The van der Waals surface area contributed by atoms with Crippen molar-refractivity contribution in [2.24, 2.45) is 0 Å². The average Bonchev–Trinajstić information content (AvgIpc) is 3.33. The molecule has 0 saturated heterocycles. The summed E-state index contributed by atoms with van der Waals surface area (Å²) in [6.07, 6.45) is 9.38. The lowest BCUT2D eigenvalue weighted by atomic mass is 9.88. The first kappa shape index (κ1) is 22.1. The second-order valence-corrected chi connectivity index (χ2v) is 10.3. The van der Waals surface area contributed by atoms with Crippen LogP contribution in [0, 0.1) is 12.7 Å². The third-order valence-corrected chi connectivity index (χ3v) is 7.90. The highest BCUT2D eigenvalue weighted by Crippen LogP contribution is 2.34. The molecule has 0 bridgehead atoms. The number of hydrogen-bond acceptors (Lipinski definition) is 5. The Morgan fingerprint density at radius 1 is 1.18 bits per heavy atom. The Morgan fingerprint density at radius 2 is 1.97 bits per heavy atom. The molecule has 1 amide bonds. The molecule has 0 atom stereocenters. The predicted octanol–water partition coefficient (Wildman–Crippen LogP) is 4.71. The first-order valence-corrected chi connectivity index (χ1v) is 12.6. The fourth-order valence-corrected chi connectivity index (χ4v) is 5.93. The second kappa shape index (κ2) is 9.25. The number of thiazole rings is 1. The van der Waals surface area contributed by atoms with Crippen molar-refractivity contribution in [3.8, 4) is 11.3 Å². The molecule has 8 heteroatoms. The van der Waals surface area contributed by atoms with Crippen molar-refractivity contribution < 1.29 is 9.18 Å². The van der Waals surface area contributed by atoms with E-state index in [2.05, 4.69) is 4.98 Å². The van der Waals surface area contributed by atoms with Crippen LogP contribution in [0.25, 0.3) is 11.3 Å². The van der Waals surface area contributed by atoms with Crippen molar-refractivity contribution in [2.45, 2.75) is 64.3 Å². The van der Waals surface area contributed by atoms with Crippen LogP contribution in [-0.4, -0.2) is 38.4 Å². The molecule has 1 aliphatic carbocycles. The highest BCUT2D eigenvalue weighted by molar-refractivity contribution is 7.15. The van der Waals surface area contributed by atoms with Gasteiger partial charge in [0.15, 0.2) is 5.13 Å². The Labute approximate surface area is 197 Å². The summed E-state index contributed by atoms with van der Waals surface area (Å²) < 4.78 is 15.9. The van der Waals surface area contributed by atoms with Gasteiger partial charge in [-0.05, 0) is 43.5 Å². The number of aromatic nitrogens is 3. The Bertz CT molecular complexity index is 1140. The molecule has 1 aromatic carbocycles. The Hall–Kier alpha value is -2.74. The number of carbonyl (C=O) groups is 1. The maximum absolute atomic E-state index is 13.8. The quantitative estimate of drug-likeness (QED) is 0.603. The van der Waals surface area contributed by atoms with Gasteiger partial charge in [-0.2, -0.15) is 0 Å². The van der Waals surface area contributed by atoms with E-state index in [1.165, 1.54) is 41.5 Å². The first-order valence-electron chi connectivity index (χ1n) is 11.8. The number of benzene rings is 1. The maximum atomic E-state index is 13.8. The highest BCUT2D eigenvalue weighted by atomic mass is 32.1. The summed E-state index contributed by atoms with van der Waals surface area (Å²) in [5.41, 5.74) is 9.19. The molecule has 1 fully saturated rings. The van der Waals surface area contributed by atoms with E-state index < -0.39 is 0 Å². The molecule has 6 nitrogen and oxygen atoms in total. The number of nitrogens with zero attached hydrogens (tertiary/aromatic N) is 4. The number of carbonyl (C=O) groups excluding carboxylic acids is 1. The van der Waals surface area contributed by atoms with Crippen LogP contribution >= 0.6 is 11.3 Å². The van der Waals surface area contributed by atoms with E-state index in [1.54, 1.807) is 13.0 Å². The molecule has 0 spiro atoms. The average molecular weight is 468 g/mol. The third-order valence-electron chi connectivity index (χ3n) is 6.91. The molecule has 3 heterocycles. The highest BCUT2D eigenvalue weighted by Gasteiger charge is 2.26. The predicted molar refractivity (Wildman–Crippen MR) is 129 cm³/mol. The Kier molecular flexibility index (Phi) is 6.19. The number of fused-ring (bicyclic) bond motifs is 1. The van der Waals surface area contributed by atoms with Crippen LogP contribution in [0.3, 0.4) is 0 Å². The van der Waals surface area contributed by atoms with Gasteiger partial charge in [0.2, 0.25) is 5.91 Å². The zero-order valence-corrected chi connectivity index (χ0v) is 19.8. The van der Waals surface area contributed by atoms with Crippen LogP contribution in [0.2, 0.25) is 0 Å². The number of rotatable bonds is 4. The smallest absolute Gasteiger partial charge is 0.242 e. The van der Waals surface area contributed by atoms with Crippen LogP contribution in [0.5, 0.6) is 0 Å². The minimum absolute atomic E-state index is 0.106. The summed E-state index contributed by atoms with van der Waals surface area (Å²) in [5, 5.41) is 0.610. The summed E-state index contributed by atoms with van der Waals surface area (Å²) in [5.74, 6) is 1.25. The number of nitrogens with two attached hydrogens (primary N) is 1. The van der Waals surface area contributed by atoms with Gasteiger partial charge in [0.25, 0.3) is 0 Å². The molecule has 2 aromatic heterocycles. The SMILES string of the molecule is Cc1cc(-c2cn(CC(=O)N3CCc4nc(N)sc4CC3)c(C3CCCCC3)n2)ccc1F. The van der Waals surface area contributed by atoms with Gasteiger partial charge in [-0.3, -0.25) is 4.79 Å². The van der Waals surface area contributed by atoms with E-state index in [1.807, 2.05) is 21.7 Å². The van der Waals surface area contributed by atoms with Crippen molar-refractivity contribution in [3.05, 3.63) is 52.2 Å². The molecule has 3 aromatic rings. The molecule has 1 aliphatic heterocycles. The normalized spacial score (nSPS) is 17.1. The molecule has 2 aliphatic rings. The van der Waals surface area contributed by atoms with Crippen molar-refractivity contribution in [3.63, 3.8) is 0 Å². The number of aryl methyl sites for hydroxylation is 1. The lowest BCUT2D eigenvalue weighted by molar-refractivity contribution is -0.131. The van der Waals surface area contributed by atoms with E-state index in [0.29, 0.717) is 29.7 Å². The van der Waals surface area contributed by atoms with Crippen LogP contribution < -0.4 is 5.73 Å². The van der Waals surface area contributed by atoms with E-state index in [4.69, 9.17) is 10.7 Å². The number of halogens is 1. The molecule has 33 heavy (non-hydrogen) atoms. The molecule has 2 N–H and O–H groups in total. The maximum Gasteiger partial charge on any atom is 0.242 e. The minimum atomic E-state index is -0.216. The van der Waals surface area contributed by atoms with Gasteiger partial charge < -0.3 is 15.2 Å². The van der Waals surface area contributed by atoms with Gasteiger partial charge >= 0.3 is 0 Å². The third kappa shape index (κ3) is 4.67. The summed E-state index contributed by atoms with van der Waals surface area (Å²) in [7, 11) is 0. The monoisotopic (exact) mass is 467 g/mol. The number of amides is 1. The lowest BCUT2D eigenvalue weighted by Crippen LogP contribution is -2.36. The number of imidazole rings is 1. The largest absolute Gasteiger partial charge is 0.375 e. The summed E-state index contributed by atoms with van der Waals surface area (Å²) in [6, 6.07) is 5.10. The number of nitrogen functional groups attached to an aromatic ring is 1. The van der Waals surface area contributed by atoms with Crippen molar-refractivity contribution in [1.29, 1.82) is 0 Å². The molecule has 1 saturated carbocycles. The first-order chi connectivity index (χ1) is 16.0. The lowest BCUT2D eigenvalue weighted by Gasteiger charge is -2.24. The standard InChI is InChI=1S/C25H30FN5OS/c1-16-13-18(7-8-19(16)26)21-14-31(24(28-21)17-5-3-2-4-6-17)15-23(32)30-11-9-20-22(10-12-30)33-25(27)29-20/h7-8,13-14,17H,2-6,9-12,15H2,1H3,(H2,27,29). The van der Waals surface area contributed by atoms with E-state index in [-0.39, 0.29) is 18.3 Å². The van der Waals surface area contributed by atoms with E-state index >= 15 is 0 Å². The molecular formula is C25H30FN5OS. The molecular weight excluding hydrogens is 437 g/mol. The summed E-state index contributed by atoms with van der Waals surface area (Å²) in [6.45, 7) is 3.39. The van der Waals surface area contributed by atoms with Gasteiger partial charge in [-0.25, -0.2) is 14.4 Å². The minimum Gasteiger partial charge on any atom is -0.375 e. The van der Waals surface area contributed by atoms with Crippen molar-refractivity contribution in [2.75, 3.05) is 18.8 Å². The second-order valence-electron chi connectivity index (χ2n) is 9.21. The number of anilines is 1. The van der Waals surface area contributed by atoms with Crippen LogP contribution in [0.15, 0.2) is 24.4 Å². The molecule has 5 rings (SSSR count). The molecule has 0 unspecified atom stereocenters. The Balaban J connectivity index is 1.38. The fourth-order valence-electron chi connectivity index (χ4n) is 5.06. The Morgan fingerprint density at radius 3 is 2.76 bits per heavy atom. The van der Waals surface area contributed by atoms with Crippen LogP contribution in [0.1, 0.15) is 60.0 Å². The van der Waals surface area contributed by atoms with Gasteiger partial charge in [-0.1, -0.05) is 19.3 Å². The van der Waals surface area contributed by atoms with Gasteiger partial charge in [-0.15, -0.1) is 11.3 Å². The van der Waals surface area contributed by atoms with E-state index in [9.17, 15) is 9.18 Å². The van der Waals surface area contributed by atoms with Crippen LogP contribution in [-0.2, 0) is 24.2 Å². The van der Waals surface area contributed by atoms with Crippen molar-refractivity contribution in [1.82, 2.24) is 19.4 Å². The number of hydrogen-bond donors (Lipinski definition) is 1. The molecule has 0 radical (unpaired) electrons. The van der Waals surface area contributed by atoms with Crippen molar-refractivity contribution >= 4 is 22.4 Å². The topological polar surface area (TPSA) is 77.0 Å². The van der Waals surface area contributed by atoms with Gasteiger partial charge in [0.1, 0.15) is 18.2 Å². The zero-order chi connectivity index (χ0) is 22.9. The van der Waals surface area contributed by atoms with Gasteiger partial charge in [0.05, 0.1) is 11.4 Å². The van der Waals surface area contributed by atoms with E-state index in [0.717, 1.165) is 48.5 Å². The van der Waals surface area contributed by atoms with Crippen LogP contribution in [0.4, 0.5) is 9.52 Å². The van der Waals surface area contributed by atoms with Gasteiger partial charge in [0, 0.05) is 48.5 Å². The molecule has 174 valence electrons. The zero-order valence-electron chi connectivity index (χ0n) is 19.0.